The summed E-state index contributed by atoms with van der Waals surface area (Å²) in [4.78, 5) is 14.6. The summed E-state index contributed by atoms with van der Waals surface area (Å²) < 4.78 is 3.47. The van der Waals surface area contributed by atoms with E-state index >= 15 is 0 Å². The van der Waals surface area contributed by atoms with Crippen LogP contribution in [0.25, 0.3) is 0 Å². The lowest BCUT2D eigenvalue weighted by Crippen LogP contribution is -2.35. The van der Waals surface area contributed by atoms with Crippen molar-refractivity contribution in [3.05, 3.63) is 16.3 Å². The molecule has 6 heteroatoms. The highest BCUT2D eigenvalue weighted by atomic mass is 16.2. The molecule has 0 atom stereocenters. The van der Waals surface area contributed by atoms with E-state index in [-0.39, 0.29) is 5.69 Å². The Kier molecular flexibility index (Phi) is 4.11. The number of aryl methyl sites for hydroxylation is 1. The third kappa shape index (κ3) is 2.75. The van der Waals surface area contributed by atoms with Crippen LogP contribution in [-0.2, 0) is 7.05 Å². The minimum absolute atomic E-state index is 0.0383. The second-order valence-electron chi connectivity index (χ2n) is 6.28. The van der Waals surface area contributed by atoms with Crippen molar-refractivity contribution in [1.82, 2.24) is 19.2 Å². The molecule has 1 aliphatic carbocycles. The molecular weight excluding hydrogens is 266 g/mol. The standard InChI is InChI=1S/C15H23N5O/c1-18-15(21)20(13-4-2-3-5-13)14(17-18)12-6-9-19(10-7-12)11-8-16/h12-13H,2-7,9-11H2,1H3. The van der Waals surface area contributed by atoms with E-state index < -0.39 is 0 Å². The minimum atomic E-state index is 0.0383. The Morgan fingerprint density at radius 3 is 2.52 bits per heavy atom. The lowest BCUT2D eigenvalue weighted by atomic mass is 9.95. The molecule has 2 fully saturated rings. The maximum atomic E-state index is 12.4. The largest absolute Gasteiger partial charge is 0.345 e. The second kappa shape index (κ2) is 6.02. The Bertz CT molecular complexity index is 582. The maximum absolute atomic E-state index is 12.4. The molecule has 0 bridgehead atoms. The molecule has 0 unspecified atom stereocenters. The number of hydrogen-bond acceptors (Lipinski definition) is 4. The summed E-state index contributed by atoms with van der Waals surface area (Å²) in [6, 6.07) is 2.56. The molecule has 114 valence electrons. The molecule has 1 saturated heterocycles. The highest BCUT2D eigenvalue weighted by Gasteiger charge is 2.30. The normalized spacial score (nSPS) is 21.7. The van der Waals surface area contributed by atoms with Gasteiger partial charge in [-0.15, -0.1) is 0 Å². The summed E-state index contributed by atoms with van der Waals surface area (Å²) >= 11 is 0. The van der Waals surface area contributed by atoms with Gasteiger partial charge in [0.05, 0.1) is 12.6 Å². The molecule has 0 aromatic carbocycles. The molecule has 1 aromatic heterocycles. The average Bonchev–Trinajstić information content (AvgIpc) is 3.10. The van der Waals surface area contributed by atoms with Crippen molar-refractivity contribution in [3.63, 3.8) is 0 Å². The molecule has 2 aliphatic rings. The van der Waals surface area contributed by atoms with Crippen LogP contribution in [0.2, 0.25) is 0 Å². The summed E-state index contributed by atoms with van der Waals surface area (Å²) in [5, 5.41) is 13.3. The number of nitriles is 1. The van der Waals surface area contributed by atoms with Crippen LogP contribution >= 0.6 is 0 Å². The molecule has 0 spiro atoms. The Morgan fingerprint density at radius 2 is 1.90 bits per heavy atom. The van der Waals surface area contributed by atoms with Crippen LogP contribution in [0.1, 0.15) is 56.3 Å². The van der Waals surface area contributed by atoms with Crippen LogP contribution in [0.4, 0.5) is 0 Å². The SMILES string of the molecule is Cn1nc(C2CCN(CC#N)CC2)n(C2CCCC2)c1=O. The van der Waals surface area contributed by atoms with E-state index in [1.165, 1.54) is 17.5 Å². The molecule has 21 heavy (non-hydrogen) atoms. The van der Waals surface area contributed by atoms with Crippen molar-refractivity contribution in [2.24, 2.45) is 7.05 Å². The summed E-state index contributed by atoms with van der Waals surface area (Å²) in [6.45, 7) is 2.35. The number of piperidine rings is 1. The predicted molar refractivity (Wildman–Crippen MR) is 79.0 cm³/mol. The highest BCUT2D eigenvalue weighted by molar-refractivity contribution is 5.03. The number of rotatable bonds is 3. The zero-order valence-corrected chi connectivity index (χ0v) is 12.7. The van der Waals surface area contributed by atoms with Gasteiger partial charge in [0.15, 0.2) is 0 Å². The van der Waals surface area contributed by atoms with Crippen molar-refractivity contribution in [2.75, 3.05) is 19.6 Å². The fraction of sp³-hybridized carbons (Fsp3) is 0.800. The zero-order valence-electron chi connectivity index (χ0n) is 12.7. The third-order valence-electron chi connectivity index (χ3n) is 4.92. The van der Waals surface area contributed by atoms with E-state index in [0.717, 1.165) is 44.6 Å². The van der Waals surface area contributed by atoms with Gasteiger partial charge in [-0.25, -0.2) is 9.48 Å². The predicted octanol–water partition coefficient (Wildman–Crippen LogP) is 1.40. The molecule has 0 amide bonds. The Morgan fingerprint density at radius 1 is 1.24 bits per heavy atom. The Labute approximate surface area is 125 Å². The molecule has 2 heterocycles. The highest BCUT2D eigenvalue weighted by Crippen LogP contribution is 2.33. The number of aromatic nitrogens is 3. The van der Waals surface area contributed by atoms with Crippen molar-refractivity contribution in [1.29, 1.82) is 5.26 Å². The topological polar surface area (TPSA) is 66.8 Å². The molecule has 3 rings (SSSR count). The van der Waals surface area contributed by atoms with Gasteiger partial charge in [0, 0.05) is 19.0 Å². The van der Waals surface area contributed by atoms with E-state index in [2.05, 4.69) is 16.1 Å². The van der Waals surface area contributed by atoms with Crippen molar-refractivity contribution in [3.8, 4) is 6.07 Å². The second-order valence-corrected chi connectivity index (χ2v) is 6.28. The van der Waals surface area contributed by atoms with Crippen LogP contribution in [-0.4, -0.2) is 38.9 Å². The van der Waals surface area contributed by atoms with E-state index in [0.29, 0.717) is 18.5 Å². The van der Waals surface area contributed by atoms with E-state index in [4.69, 9.17) is 5.26 Å². The first kappa shape index (κ1) is 14.3. The zero-order chi connectivity index (χ0) is 14.8. The molecule has 6 nitrogen and oxygen atoms in total. The Hall–Kier alpha value is -1.61. The summed E-state index contributed by atoms with van der Waals surface area (Å²) in [5.74, 6) is 1.33. The van der Waals surface area contributed by atoms with Gasteiger partial charge in [0.1, 0.15) is 5.82 Å². The smallest absolute Gasteiger partial charge is 0.291 e. The minimum Gasteiger partial charge on any atom is -0.291 e. The van der Waals surface area contributed by atoms with Gasteiger partial charge in [0.2, 0.25) is 0 Å². The van der Waals surface area contributed by atoms with Crippen molar-refractivity contribution < 1.29 is 0 Å². The van der Waals surface area contributed by atoms with Crippen LogP contribution in [0.15, 0.2) is 4.79 Å². The van der Waals surface area contributed by atoms with Gasteiger partial charge in [-0.1, -0.05) is 12.8 Å². The molecular formula is C15H23N5O. The van der Waals surface area contributed by atoms with Gasteiger partial charge < -0.3 is 0 Å². The summed E-state index contributed by atoms with van der Waals surface area (Å²) in [5.41, 5.74) is 0.0383. The Balaban J connectivity index is 1.81. The fourth-order valence-corrected chi connectivity index (χ4v) is 3.73. The first-order chi connectivity index (χ1) is 10.2. The van der Waals surface area contributed by atoms with Gasteiger partial charge >= 0.3 is 5.69 Å². The number of likely N-dealkylation sites (tertiary alicyclic amines) is 1. The first-order valence-electron chi connectivity index (χ1n) is 7.95. The van der Waals surface area contributed by atoms with Gasteiger partial charge in [-0.05, 0) is 38.8 Å². The molecule has 1 saturated carbocycles. The third-order valence-corrected chi connectivity index (χ3v) is 4.92. The average molecular weight is 289 g/mol. The van der Waals surface area contributed by atoms with Gasteiger partial charge in [-0.3, -0.25) is 9.47 Å². The van der Waals surface area contributed by atoms with E-state index in [1.807, 2.05) is 4.57 Å². The fourth-order valence-electron chi connectivity index (χ4n) is 3.73. The van der Waals surface area contributed by atoms with Crippen LogP contribution < -0.4 is 5.69 Å². The van der Waals surface area contributed by atoms with E-state index in [9.17, 15) is 4.79 Å². The van der Waals surface area contributed by atoms with Gasteiger partial charge in [0.25, 0.3) is 0 Å². The quantitative estimate of drug-likeness (QED) is 0.789. The monoisotopic (exact) mass is 289 g/mol. The molecule has 1 aliphatic heterocycles. The van der Waals surface area contributed by atoms with Crippen molar-refractivity contribution >= 4 is 0 Å². The molecule has 1 aromatic rings. The van der Waals surface area contributed by atoms with E-state index in [1.54, 1.807) is 7.05 Å². The summed E-state index contributed by atoms with van der Waals surface area (Å²) in [7, 11) is 1.75. The van der Waals surface area contributed by atoms with Gasteiger partial charge in [-0.2, -0.15) is 10.4 Å². The van der Waals surface area contributed by atoms with Crippen LogP contribution in [0.5, 0.6) is 0 Å². The summed E-state index contributed by atoms with van der Waals surface area (Å²) in [6.07, 6.45) is 6.62. The number of nitrogens with zero attached hydrogens (tertiary/aromatic N) is 5. The maximum Gasteiger partial charge on any atom is 0.345 e. The van der Waals surface area contributed by atoms with Crippen LogP contribution in [0.3, 0.4) is 0 Å². The lowest BCUT2D eigenvalue weighted by Gasteiger charge is -2.30. The van der Waals surface area contributed by atoms with Crippen LogP contribution in [0, 0.1) is 11.3 Å². The van der Waals surface area contributed by atoms with Crippen molar-refractivity contribution in [2.45, 2.75) is 50.5 Å². The first-order valence-corrected chi connectivity index (χ1v) is 7.95. The molecule has 0 N–H and O–H groups in total. The molecule has 0 radical (unpaired) electrons. The number of hydrogen-bond donors (Lipinski definition) is 0. The lowest BCUT2D eigenvalue weighted by molar-refractivity contribution is 0.227.